The van der Waals surface area contributed by atoms with Crippen LogP contribution in [0.5, 0.6) is 11.5 Å². The molecule has 0 aliphatic heterocycles. The van der Waals surface area contributed by atoms with Crippen LogP contribution < -0.4 is 14.8 Å². The molecule has 0 aliphatic rings. The lowest BCUT2D eigenvalue weighted by Gasteiger charge is -2.11. The number of methoxy groups -OCH3 is 1. The number of hydrogen-bond acceptors (Lipinski definition) is 5. The van der Waals surface area contributed by atoms with E-state index in [9.17, 15) is 4.79 Å². The summed E-state index contributed by atoms with van der Waals surface area (Å²) >= 11 is 17.9. The number of halogens is 3. The monoisotopic (exact) mass is 492 g/mol. The summed E-state index contributed by atoms with van der Waals surface area (Å²) in [6.45, 7) is 0.0890. The van der Waals surface area contributed by atoms with Gasteiger partial charge in [-0.05, 0) is 35.9 Å². The maximum atomic E-state index is 12.1. The van der Waals surface area contributed by atoms with E-state index >= 15 is 0 Å². The molecular weight excluding hydrogens is 475 g/mol. The Kier molecular flexibility index (Phi) is 8.62. The molecule has 0 fully saturated rings. The Morgan fingerprint density at radius 3 is 2.41 bits per heavy atom. The lowest BCUT2D eigenvalue weighted by atomic mass is 10.2. The molecule has 0 aliphatic carbocycles. The Morgan fingerprint density at radius 2 is 1.72 bits per heavy atom. The first-order valence-electron chi connectivity index (χ1n) is 9.40. The SMILES string of the molecule is COc1cc(/C=N/OCC(=O)Nc2c(Cl)cc(Cl)cc2Cl)ccc1OCc1ccccc1. The van der Waals surface area contributed by atoms with Crippen LogP contribution in [0.15, 0.2) is 65.8 Å². The van der Waals surface area contributed by atoms with Crippen molar-refractivity contribution in [1.29, 1.82) is 0 Å². The number of amides is 1. The summed E-state index contributed by atoms with van der Waals surface area (Å²) in [6.07, 6.45) is 1.46. The molecule has 1 N–H and O–H groups in total. The molecule has 3 aromatic rings. The van der Waals surface area contributed by atoms with Gasteiger partial charge in [0.15, 0.2) is 18.1 Å². The van der Waals surface area contributed by atoms with Crippen molar-refractivity contribution >= 4 is 52.6 Å². The first kappa shape index (κ1) is 23.7. The van der Waals surface area contributed by atoms with Crippen LogP contribution in [0.25, 0.3) is 0 Å². The van der Waals surface area contributed by atoms with Gasteiger partial charge in [0.1, 0.15) is 6.61 Å². The average molecular weight is 494 g/mol. The van der Waals surface area contributed by atoms with E-state index in [1.807, 2.05) is 30.3 Å². The fourth-order valence-corrected chi connectivity index (χ4v) is 3.56. The minimum absolute atomic E-state index is 0.223. The molecule has 3 aromatic carbocycles. The van der Waals surface area contributed by atoms with Crippen LogP contribution in [-0.2, 0) is 16.2 Å². The van der Waals surface area contributed by atoms with Gasteiger partial charge >= 0.3 is 0 Å². The second kappa shape index (κ2) is 11.6. The molecule has 166 valence electrons. The minimum Gasteiger partial charge on any atom is -0.493 e. The quantitative estimate of drug-likeness (QED) is 0.284. The Bertz CT molecular complexity index is 1080. The number of rotatable bonds is 9. The number of oxime groups is 1. The van der Waals surface area contributed by atoms with Gasteiger partial charge in [-0.1, -0.05) is 70.3 Å². The standard InChI is InChI=1S/C23H19Cl3N2O4/c1-30-21-9-16(7-8-20(21)31-13-15-5-3-2-4-6-15)12-27-32-14-22(29)28-23-18(25)10-17(24)11-19(23)26/h2-12H,13-14H2,1H3,(H,28,29)/b27-12+. The van der Waals surface area contributed by atoms with Crippen LogP contribution in [-0.4, -0.2) is 25.8 Å². The van der Waals surface area contributed by atoms with E-state index in [-0.39, 0.29) is 22.3 Å². The maximum Gasteiger partial charge on any atom is 0.265 e. The second-order valence-corrected chi connectivity index (χ2v) is 7.74. The molecule has 0 atom stereocenters. The number of nitrogens with one attached hydrogen (secondary N) is 1. The number of benzene rings is 3. The highest BCUT2D eigenvalue weighted by Crippen LogP contribution is 2.33. The van der Waals surface area contributed by atoms with Gasteiger partial charge in [0.25, 0.3) is 5.91 Å². The van der Waals surface area contributed by atoms with Gasteiger partial charge in [0, 0.05) is 10.6 Å². The van der Waals surface area contributed by atoms with Crippen LogP contribution in [0.3, 0.4) is 0 Å². The van der Waals surface area contributed by atoms with Crippen molar-refractivity contribution in [3.8, 4) is 11.5 Å². The lowest BCUT2D eigenvalue weighted by molar-refractivity contribution is -0.120. The Hall–Kier alpha value is -2.93. The average Bonchev–Trinajstić information content (AvgIpc) is 2.78. The molecule has 0 radical (unpaired) electrons. The third-order valence-corrected chi connectivity index (χ3v) is 4.98. The molecule has 0 aromatic heterocycles. The summed E-state index contributed by atoms with van der Waals surface area (Å²) in [5.74, 6) is 0.677. The molecule has 0 heterocycles. The van der Waals surface area contributed by atoms with Gasteiger partial charge in [-0.15, -0.1) is 0 Å². The molecule has 1 amide bonds. The first-order valence-corrected chi connectivity index (χ1v) is 10.5. The normalized spacial score (nSPS) is 10.8. The number of ether oxygens (including phenoxy) is 2. The second-order valence-electron chi connectivity index (χ2n) is 6.49. The maximum absolute atomic E-state index is 12.1. The van der Waals surface area contributed by atoms with E-state index < -0.39 is 5.91 Å². The van der Waals surface area contributed by atoms with Crippen molar-refractivity contribution in [2.75, 3.05) is 19.0 Å². The molecule has 0 saturated heterocycles. The zero-order valence-electron chi connectivity index (χ0n) is 17.0. The first-order chi connectivity index (χ1) is 15.5. The zero-order valence-corrected chi connectivity index (χ0v) is 19.2. The molecule has 0 unspecified atom stereocenters. The molecule has 0 spiro atoms. The van der Waals surface area contributed by atoms with E-state index in [0.717, 1.165) is 5.56 Å². The van der Waals surface area contributed by atoms with Crippen LogP contribution in [0.1, 0.15) is 11.1 Å². The van der Waals surface area contributed by atoms with Crippen LogP contribution >= 0.6 is 34.8 Å². The molecular formula is C23H19Cl3N2O4. The van der Waals surface area contributed by atoms with Crippen LogP contribution in [0, 0.1) is 0 Å². The minimum atomic E-state index is -0.476. The Morgan fingerprint density at radius 1 is 1.00 bits per heavy atom. The topological polar surface area (TPSA) is 69.2 Å². The number of carbonyl (C=O) groups excluding carboxylic acids is 1. The van der Waals surface area contributed by atoms with Crippen molar-refractivity contribution in [2.45, 2.75) is 6.61 Å². The highest BCUT2D eigenvalue weighted by Gasteiger charge is 2.12. The van der Waals surface area contributed by atoms with Crippen molar-refractivity contribution in [1.82, 2.24) is 0 Å². The fourth-order valence-electron chi connectivity index (χ4n) is 2.65. The van der Waals surface area contributed by atoms with Gasteiger partial charge < -0.3 is 19.6 Å². The molecule has 3 rings (SSSR count). The van der Waals surface area contributed by atoms with Gasteiger partial charge in [0.05, 0.1) is 29.1 Å². The van der Waals surface area contributed by atoms with Crippen molar-refractivity contribution in [3.63, 3.8) is 0 Å². The van der Waals surface area contributed by atoms with E-state index in [4.69, 9.17) is 49.1 Å². The third kappa shape index (κ3) is 6.79. The highest BCUT2D eigenvalue weighted by atomic mass is 35.5. The van der Waals surface area contributed by atoms with Crippen LogP contribution in [0.2, 0.25) is 15.1 Å². The van der Waals surface area contributed by atoms with Crippen molar-refractivity contribution in [2.24, 2.45) is 5.16 Å². The zero-order chi connectivity index (χ0) is 22.9. The summed E-state index contributed by atoms with van der Waals surface area (Å²) < 4.78 is 11.2. The van der Waals surface area contributed by atoms with Gasteiger partial charge in [-0.25, -0.2) is 0 Å². The van der Waals surface area contributed by atoms with Crippen molar-refractivity contribution in [3.05, 3.63) is 86.9 Å². The molecule has 9 heteroatoms. The van der Waals surface area contributed by atoms with Gasteiger partial charge in [-0.2, -0.15) is 0 Å². The predicted octanol–water partition coefficient (Wildman–Crippen LogP) is 6.22. The van der Waals surface area contributed by atoms with Gasteiger partial charge in [0.2, 0.25) is 0 Å². The van der Waals surface area contributed by atoms with E-state index in [1.54, 1.807) is 25.3 Å². The summed E-state index contributed by atoms with van der Waals surface area (Å²) in [7, 11) is 1.56. The lowest BCUT2D eigenvalue weighted by Crippen LogP contribution is -2.17. The Balaban J connectivity index is 1.53. The summed E-state index contributed by atoms with van der Waals surface area (Å²) in [5.41, 5.74) is 2.01. The Labute approximate surface area is 200 Å². The van der Waals surface area contributed by atoms with E-state index in [2.05, 4.69) is 10.5 Å². The number of anilines is 1. The third-order valence-electron chi connectivity index (χ3n) is 4.17. The molecule has 32 heavy (non-hydrogen) atoms. The molecule has 0 saturated carbocycles. The van der Waals surface area contributed by atoms with Crippen LogP contribution in [0.4, 0.5) is 5.69 Å². The van der Waals surface area contributed by atoms with E-state index in [1.165, 1.54) is 18.3 Å². The summed E-state index contributed by atoms with van der Waals surface area (Å²) in [5, 5.41) is 7.19. The highest BCUT2D eigenvalue weighted by molar-refractivity contribution is 6.42. The largest absolute Gasteiger partial charge is 0.493 e. The molecule has 0 bridgehead atoms. The summed E-state index contributed by atoms with van der Waals surface area (Å²) in [6, 6.07) is 18.1. The number of carbonyl (C=O) groups is 1. The fraction of sp³-hybridized carbons (Fsp3) is 0.130. The van der Waals surface area contributed by atoms with E-state index in [0.29, 0.717) is 28.7 Å². The summed E-state index contributed by atoms with van der Waals surface area (Å²) in [4.78, 5) is 17.1. The predicted molar refractivity (Wildman–Crippen MR) is 127 cm³/mol. The number of hydrogen-bond donors (Lipinski definition) is 1. The molecule has 6 nitrogen and oxygen atoms in total. The smallest absolute Gasteiger partial charge is 0.265 e. The number of nitrogens with zero attached hydrogens (tertiary/aromatic N) is 1. The van der Waals surface area contributed by atoms with Crippen molar-refractivity contribution < 1.29 is 19.1 Å². The van der Waals surface area contributed by atoms with Gasteiger partial charge in [-0.3, -0.25) is 4.79 Å².